The normalized spacial score (nSPS) is 10.0. The molecule has 0 aliphatic heterocycles. The molecule has 0 unspecified atom stereocenters. The molecule has 2 N–H and O–H groups in total. The van der Waals surface area contributed by atoms with Crippen molar-refractivity contribution in [1.82, 2.24) is 0 Å². The zero-order chi connectivity index (χ0) is 14.5. The SMILES string of the molecule is NC(=O)c1ccc(OCc2ccccc2)cc1[N+](=O)[O-]. The van der Waals surface area contributed by atoms with Crippen LogP contribution in [-0.2, 0) is 6.61 Å². The Morgan fingerprint density at radius 2 is 1.90 bits per heavy atom. The van der Waals surface area contributed by atoms with Gasteiger partial charge in [-0.1, -0.05) is 30.3 Å². The number of rotatable bonds is 5. The van der Waals surface area contributed by atoms with Crippen molar-refractivity contribution in [3.05, 3.63) is 69.8 Å². The number of nitro benzene ring substituents is 1. The minimum Gasteiger partial charge on any atom is -0.489 e. The van der Waals surface area contributed by atoms with Gasteiger partial charge in [0.2, 0.25) is 0 Å². The maximum Gasteiger partial charge on any atom is 0.285 e. The van der Waals surface area contributed by atoms with E-state index in [4.69, 9.17) is 10.5 Å². The Bertz CT molecular complexity index is 641. The first kappa shape index (κ1) is 13.5. The van der Waals surface area contributed by atoms with Gasteiger partial charge in [0, 0.05) is 0 Å². The van der Waals surface area contributed by atoms with E-state index in [2.05, 4.69) is 0 Å². The monoisotopic (exact) mass is 272 g/mol. The third-order valence-electron chi connectivity index (χ3n) is 2.68. The number of ether oxygens (including phenoxy) is 1. The largest absolute Gasteiger partial charge is 0.489 e. The van der Waals surface area contributed by atoms with E-state index in [9.17, 15) is 14.9 Å². The summed E-state index contributed by atoms with van der Waals surface area (Å²) in [7, 11) is 0. The Morgan fingerprint density at radius 3 is 2.50 bits per heavy atom. The highest BCUT2D eigenvalue weighted by Crippen LogP contribution is 2.25. The Kier molecular flexibility index (Phi) is 3.95. The van der Waals surface area contributed by atoms with Gasteiger partial charge in [-0.05, 0) is 17.7 Å². The van der Waals surface area contributed by atoms with Crippen molar-refractivity contribution in [2.75, 3.05) is 0 Å². The van der Waals surface area contributed by atoms with Crippen molar-refractivity contribution in [2.24, 2.45) is 5.73 Å². The number of carbonyl (C=O) groups excluding carboxylic acids is 1. The standard InChI is InChI=1S/C14H12N2O4/c15-14(17)12-7-6-11(8-13(12)16(18)19)20-9-10-4-2-1-3-5-10/h1-8H,9H2,(H2,15,17). The van der Waals surface area contributed by atoms with Gasteiger partial charge in [-0.25, -0.2) is 0 Å². The van der Waals surface area contributed by atoms with Crippen LogP contribution in [0.3, 0.4) is 0 Å². The van der Waals surface area contributed by atoms with Gasteiger partial charge in [-0.3, -0.25) is 14.9 Å². The summed E-state index contributed by atoms with van der Waals surface area (Å²) in [6.45, 7) is 0.286. The predicted octanol–water partition coefficient (Wildman–Crippen LogP) is 2.27. The molecule has 20 heavy (non-hydrogen) atoms. The van der Waals surface area contributed by atoms with Crippen LogP contribution in [0.15, 0.2) is 48.5 Å². The van der Waals surface area contributed by atoms with E-state index in [1.165, 1.54) is 18.2 Å². The van der Waals surface area contributed by atoms with Crippen LogP contribution in [0.1, 0.15) is 15.9 Å². The van der Waals surface area contributed by atoms with Crippen molar-refractivity contribution in [3.63, 3.8) is 0 Å². The maximum atomic E-state index is 11.1. The highest BCUT2D eigenvalue weighted by atomic mass is 16.6. The average Bonchev–Trinajstić information content (AvgIpc) is 2.45. The second-order valence-corrected chi connectivity index (χ2v) is 4.07. The Labute approximate surface area is 114 Å². The number of nitrogens with two attached hydrogens (primary N) is 1. The summed E-state index contributed by atoms with van der Waals surface area (Å²) < 4.78 is 5.46. The Hall–Kier alpha value is -2.89. The third-order valence-corrected chi connectivity index (χ3v) is 2.68. The summed E-state index contributed by atoms with van der Waals surface area (Å²) in [5, 5.41) is 10.9. The topological polar surface area (TPSA) is 95.5 Å². The van der Waals surface area contributed by atoms with Crippen LogP contribution in [0, 0.1) is 10.1 Å². The van der Waals surface area contributed by atoms with Gasteiger partial charge in [-0.15, -0.1) is 0 Å². The summed E-state index contributed by atoms with van der Waals surface area (Å²) in [5.41, 5.74) is 5.53. The molecular weight excluding hydrogens is 260 g/mol. The molecule has 0 spiro atoms. The fourth-order valence-electron chi connectivity index (χ4n) is 1.70. The van der Waals surface area contributed by atoms with E-state index < -0.39 is 10.8 Å². The molecule has 0 heterocycles. The number of nitro groups is 1. The molecular formula is C14H12N2O4. The van der Waals surface area contributed by atoms with Crippen LogP contribution in [0.5, 0.6) is 5.75 Å². The lowest BCUT2D eigenvalue weighted by molar-refractivity contribution is -0.385. The fourth-order valence-corrected chi connectivity index (χ4v) is 1.70. The number of amides is 1. The minimum absolute atomic E-state index is 0.137. The summed E-state index contributed by atoms with van der Waals surface area (Å²) in [6.07, 6.45) is 0. The van der Waals surface area contributed by atoms with Crippen LogP contribution >= 0.6 is 0 Å². The van der Waals surface area contributed by atoms with Crippen molar-refractivity contribution >= 4 is 11.6 Å². The van der Waals surface area contributed by atoms with Gasteiger partial charge in [0.1, 0.15) is 17.9 Å². The number of hydrogen-bond acceptors (Lipinski definition) is 4. The maximum absolute atomic E-state index is 11.1. The van der Waals surface area contributed by atoms with Crippen LogP contribution < -0.4 is 10.5 Å². The van der Waals surface area contributed by atoms with Crippen molar-refractivity contribution in [2.45, 2.75) is 6.61 Å². The molecule has 0 fully saturated rings. The molecule has 0 atom stereocenters. The second-order valence-electron chi connectivity index (χ2n) is 4.07. The lowest BCUT2D eigenvalue weighted by Crippen LogP contribution is -2.13. The van der Waals surface area contributed by atoms with Crippen LogP contribution in [0.4, 0.5) is 5.69 Å². The average molecular weight is 272 g/mol. The first-order valence-corrected chi connectivity index (χ1v) is 5.83. The van der Waals surface area contributed by atoms with E-state index in [-0.39, 0.29) is 17.9 Å². The molecule has 0 bridgehead atoms. The van der Waals surface area contributed by atoms with E-state index >= 15 is 0 Å². The van der Waals surface area contributed by atoms with Gasteiger partial charge < -0.3 is 10.5 Å². The molecule has 102 valence electrons. The Morgan fingerprint density at radius 1 is 1.20 bits per heavy atom. The quantitative estimate of drug-likeness (QED) is 0.667. The number of hydrogen-bond donors (Lipinski definition) is 1. The fraction of sp³-hybridized carbons (Fsp3) is 0.0714. The molecule has 0 aliphatic carbocycles. The molecule has 0 radical (unpaired) electrons. The Balaban J connectivity index is 2.19. The molecule has 6 heteroatoms. The first-order chi connectivity index (χ1) is 9.58. The van der Waals surface area contributed by atoms with Crippen molar-refractivity contribution in [3.8, 4) is 5.75 Å². The molecule has 6 nitrogen and oxygen atoms in total. The third kappa shape index (κ3) is 3.11. The molecule has 0 saturated carbocycles. The molecule has 1 amide bonds. The van der Waals surface area contributed by atoms with Gasteiger partial charge in [0.15, 0.2) is 0 Å². The summed E-state index contributed by atoms with van der Waals surface area (Å²) in [4.78, 5) is 21.3. The summed E-state index contributed by atoms with van der Waals surface area (Å²) in [6, 6.07) is 13.4. The van der Waals surface area contributed by atoms with Crippen LogP contribution in [0.25, 0.3) is 0 Å². The lowest BCUT2D eigenvalue weighted by Gasteiger charge is -2.07. The van der Waals surface area contributed by atoms with Crippen molar-refractivity contribution in [1.29, 1.82) is 0 Å². The molecule has 0 saturated heterocycles. The lowest BCUT2D eigenvalue weighted by atomic mass is 10.1. The van der Waals surface area contributed by atoms with E-state index in [0.29, 0.717) is 5.75 Å². The molecule has 2 aromatic rings. The second kappa shape index (κ2) is 5.83. The van der Waals surface area contributed by atoms with Gasteiger partial charge in [0.05, 0.1) is 11.0 Å². The number of primary amides is 1. The first-order valence-electron chi connectivity index (χ1n) is 5.83. The summed E-state index contributed by atoms with van der Waals surface area (Å²) >= 11 is 0. The van der Waals surface area contributed by atoms with Gasteiger partial charge in [0.25, 0.3) is 11.6 Å². The number of benzene rings is 2. The number of carbonyl (C=O) groups is 1. The van der Waals surface area contributed by atoms with E-state index in [1.807, 2.05) is 30.3 Å². The zero-order valence-corrected chi connectivity index (χ0v) is 10.5. The highest BCUT2D eigenvalue weighted by molar-refractivity contribution is 5.97. The summed E-state index contributed by atoms with van der Waals surface area (Å²) in [5.74, 6) is -0.531. The van der Waals surface area contributed by atoms with Gasteiger partial charge >= 0.3 is 0 Å². The van der Waals surface area contributed by atoms with E-state index in [0.717, 1.165) is 5.56 Å². The van der Waals surface area contributed by atoms with Crippen molar-refractivity contribution < 1.29 is 14.5 Å². The zero-order valence-electron chi connectivity index (χ0n) is 10.5. The smallest absolute Gasteiger partial charge is 0.285 e. The van der Waals surface area contributed by atoms with E-state index in [1.54, 1.807) is 0 Å². The van der Waals surface area contributed by atoms with Crippen LogP contribution in [-0.4, -0.2) is 10.8 Å². The molecule has 0 aromatic heterocycles. The minimum atomic E-state index is -0.841. The molecule has 0 aliphatic rings. The van der Waals surface area contributed by atoms with Gasteiger partial charge in [-0.2, -0.15) is 0 Å². The molecule has 2 rings (SSSR count). The highest BCUT2D eigenvalue weighted by Gasteiger charge is 2.19. The number of nitrogens with zero attached hydrogens (tertiary/aromatic N) is 1. The predicted molar refractivity (Wildman–Crippen MR) is 72.4 cm³/mol. The van der Waals surface area contributed by atoms with Crippen LogP contribution in [0.2, 0.25) is 0 Å². The molecule has 2 aromatic carbocycles.